The monoisotopic (exact) mass is 459 g/mol. The van der Waals surface area contributed by atoms with Crippen molar-refractivity contribution in [1.29, 1.82) is 0 Å². The summed E-state index contributed by atoms with van der Waals surface area (Å²) in [7, 11) is -0.646. The highest BCUT2D eigenvalue weighted by Crippen LogP contribution is 2.24. The Morgan fingerprint density at radius 1 is 1.16 bits per heavy atom. The van der Waals surface area contributed by atoms with E-state index in [1.807, 2.05) is 0 Å². The van der Waals surface area contributed by atoms with Gasteiger partial charge in [0.05, 0.1) is 12.0 Å². The van der Waals surface area contributed by atoms with Gasteiger partial charge in [0, 0.05) is 30.9 Å². The van der Waals surface area contributed by atoms with Crippen LogP contribution in [0.15, 0.2) is 53.4 Å². The molecule has 0 aliphatic carbocycles. The molecular weight excluding hydrogens is 430 g/mol. The largest absolute Gasteiger partial charge is 0.497 e. The summed E-state index contributed by atoms with van der Waals surface area (Å²) in [5.74, 6) is 0.0459. The SMILES string of the molecule is COc1ccc(NC(=O)C2CCCN2C(=O)c2cccc(S(=O)(=O)N(C)C(C)C)c2)cc1. The van der Waals surface area contributed by atoms with Crippen LogP contribution in [0.3, 0.4) is 0 Å². The van der Waals surface area contributed by atoms with Crippen molar-refractivity contribution in [2.75, 3.05) is 26.0 Å². The lowest BCUT2D eigenvalue weighted by molar-refractivity contribution is -0.119. The quantitative estimate of drug-likeness (QED) is 0.687. The molecule has 1 N–H and O–H groups in total. The van der Waals surface area contributed by atoms with Crippen LogP contribution in [0.25, 0.3) is 0 Å². The van der Waals surface area contributed by atoms with E-state index in [4.69, 9.17) is 4.74 Å². The Labute approximate surface area is 189 Å². The Hall–Kier alpha value is -2.91. The first-order chi connectivity index (χ1) is 15.1. The van der Waals surface area contributed by atoms with Gasteiger partial charge in [-0.15, -0.1) is 0 Å². The Morgan fingerprint density at radius 2 is 1.84 bits per heavy atom. The van der Waals surface area contributed by atoms with E-state index < -0.39 is 16.1 Å². The first-order valence-corrected chi connectivity index (χ1v) is 11.9. The van der Waals surface area contributed by atoms with Gasteiger partial charge >= 0.3 is 0 Å². The van der Waals surface area contributed by atoms with E-state index in [1.165, 1.54) is 28.4 Å². The molecule has 0 spiro atoms. The predicted octanol–water partition coefficient (Wildman–Crippen LogP) is 2.97. The number of carbonyl (C=O) groups excluding carboxylic acids is 2. The summed E-state index contributed by atoms with van der Waals surface area (Å²) in [4.78, 5) is 27.6. The van der Waals surface area contributed by atoms with Crippen LogP contribution in [0.2, 0.25) is 0 Å². The lowest BCUT2D eigenvalue weighted by atomic mass is 10.1. The molecule has 2 aromatic rings. The van der Waals surface area contributed by atoms with E-state index in [0.29, 0.717) is 30.8 Å². The van der Waals surface area contributed by atoms with Crippen molar-refractivity contribution in [1.82, 2.24) is 9.21 Å². The number of anilines is 1. The predicted molar refractivity (Wildman–Crippen MR) is 122 cm³/mol. The van der Waals surface area contributed by atoms with Gasteiger partial charge in [-0.1, -0.05) is 6.07 Å². The van der Waals surface area contributed by atoms with Gasteiger partial charge in [-0.3, -0.25) is 9.59 Å². The molecule has 0 saturated carbocycles. The number of hydrogen-bond acceptors (Lipinski definition) is 5. The molecule has 0 radical (unpaired) electrons. The maximum atomic E-state index is 13.2. The molecule has 32 heavy (non-hydrogen) atoms. The molecule has 1 aliphatic rings. The van der Waals surface area contributed by atoms with Crippen molar-refractivity contribution in [3.8, 4) is 5.75 Å². The molecule has 9 heteroatoms. The fourth-order valence-electron chi connectivity index (χ4n) is 3.58. The normalized spacial score (nSPS) is 16.4. The van der Waals surface area contributed by atoms with Crippen molar-refractivity contribution in [3.05, 3.63) is 54.1 Å². The molecule has 1 aliphatic heterocycles. The number of carbonyl (C=O) groups is 2. The van der Waals surface area contributed by atoms with Gasteiger partial charge in [-0.2, -0.15) is 4.31 Å². The van der Waals surface area contributed by atoms with E-state index in [2.05, 4.69) is 5.32 Å². The van der Waals surface area contributed by atoms with Gasteiger partial charge < -0.3 is 15.0 Å². The van der Waals surface area contributed by atoms with Crippen molar-refractivity contribution in [3.63, 3.8) is 0 Å². The van der Waals surface area contributed by atoms with Crippen LogP contribution in [0.1, 0.15) is 37.0 Å². The highest BCUT2D eigenvalue weighted by atomic mass is 32.2. The van der Waals surface area contributed by atoms with Gasteiger partial charge in [-0.25, -0.2) is 8.42 Å². The molecular formula is C23H29N3O5S. The summed E-state index contributed by atoms with van der Waals surface area (Å²) in [6.45, 7) is 3.99. The fourth-order valence-corrected chi connectivity index (χ4v) is 5.00. The minimum atomic E-state index is -3.72. The van der Waals surface area contributed by atoms with Gasteiger partial charge in [-0.05, 0) is 69.2 Å². The van der Waals surface area contributed by atoms with Crippen LogP contribution in [0.4, 0.5) is 5.69 Å². The molecule has 3 rings (SSSR count). The fraction of sp³-hybridized carbons (Fsp3) is 0.391. The lowest BCUT2D eigenvalue weighted by Gasteiger charge is -2.25. The first kappa shape index (κ1) is 23.7. The molecule has 2 aromatic carbocycles. The molecule has 2 amide bonds. The standard InChI is InChI=1S/C23H29N3O5S/c1-16(2)25(3)32(29,30)20-8-5-7-17(15-20)23(28)26-14-6-9-21(26)22(27)24-18-10-12-19(31-4)13-11-18/h5,7-8,10-13,15-16,21H,6,9,14H2,1-4H3,(H,24,27). The summed E-state index contributed by atoms with van der Waals surface area (Å²) in [6.07, 6.45) is 1.24. The van der Waals surface area contributed by atoms with Crippen LogP contribution in [-0.2, 0) is 14.8 Å². The van der Waals surface area contributed by atoms with Gasteiger partial charge in [0.1, 0.15) is 11.8 Å². The van der Waals surface area contributed by atoms with Crippen molar-refractivity contribution < 1.29 is 22.7 Å². The average Bonchev–Trinajstić information content (AvgIpc) is 3.28. The van der Waals surface area contributed by atoms with E-state index in [9.17, 15) is 18.0 Å². The van der Waals surface area contributed by atoms with Crippen LogP contribution < -0.4 is 10.1 Å². The summed E-state index contributed by atoms with van der Waals surface area (Å²) < 4.78 is 32.0. The van der Waals surface area contributed by atoms with Crippen molar-refractivity contribution >= 4 is 27.5 Å². The summed E-state index contributed by atoms with van der Waals surface area (Å²) in [5, 5.41) is 2.84. The maximum Gasteiger partial charge on any atom is 0.254 e. The third-order valence-electron chi connectivity index (χ3n) is 5.66. The zero-order valence-corrected chi connectivity index (χ0v) is 19.6. The molecule has 8 nitrogen and oxygen atoms in total. The van der Waals surface area contributed by atoms with Gasteiger partial charge in [0.2, 0.25) is 15.9 Å². The Bertz CT molecular complexity index is 1080. The molecule has 1 unspecified atom stereocenters. The lowest BCUT2D eigenvalue weighted by Crippen LogP contribution is -2.43. The van der Waals surface area contributed by atoms with E-state index in [-0.39, 0.29) is 28.3 Å². The molecule has 1 atom stereocenters. The van der Waals surface area contributed by atoms with Crippen LogP contribution in [0, 0.1) is 0 Å². The van der Waals surface area contributed by atoms with E-state index in [0.717, 1.165) is 0 Å². The second-order valence-corrected chi connectivity index (χ2v) is 10.0. The van der Waals surface area contributed by atoms with Gasteiger partial charge in [0.25, 0.3) is 5.91 Å². The smallest absolute Gasteiger partial charge is 0.254 e. The molecule has 1 fully saturated rings. The van der Waals surface area contributed by atoms with E-state index in [1.54, 1.807) is 57.4 Å². The third kappa shape index (κ3) is 4.94. The number of likely N-dealkylation sites (tertiary alicyclic amines) is 1. The Kier molecular flexibility index (Phi) is 7.20. The number of ether oxygens (including phenoxy) is 1. The summed E-state index contributed by atoms with van der Waals surface area (Å²) in [6, 6.07) is 12.1. The van der Waals surface area contributed by atoms with Crippen molar-refractivity contribution in [2.45, 2.75) is 43.7 Å². The number of rotatable bonds is 7. The number of nitrogens with zero attached hydrogens (tertiary/aromatic N) is 2. The third-order valence-corrected chi connectivity index (χ3v) is 7.69. The topological polar surface area (TPSA) is 96.0 Å². The van der Waals surface area contributed by atoms with E-state index >= 15 is 0 Å². The zero-order valence-electron chi connectivity index (χ0n) is 18.7. The maximum absolute atomic E-state index is 13.2. The number of sulfonamides is 1. The van der Waals surface area contributed by atoms with Crippen molar-refractivity contribution in [2.24, 2.45) is 0 Å². The minimum Gasteiger partial charge on any atom is -0.497 e. The second kappa shape index (κ2) is 9.70. The number of hydrogen-bond donors (Lipinski definition) is 1. The van der Waals surface area contributed by atoms with Crippen LogP contribution >= 0.6 is 0 Å². The Balaban J connectivity index is 1.78. The summed E-state index contributed by atoms with van der Waals surface area (Å²) in [5.41, 5.74) is 0.854. The molecule has 0 aromatic heterocycles. The number of benzene rings is 2. The average molecular weight is 460 g/mol. The van der Waals surface area contributed by atoms with Crippen LogP contribution in [0.5, 0.6) is 5.75 Å². The molecule has 172 valence electrons. The number of amides is 2. The second-order valence-electron chi connectivity index (χ2n) is 8.02. The Morgan fingerprint density at radius 3 is 2.47 bits per heavy atom. The number of methoxy groups -OCH3 is 1. The van der Waals surface area contributed by atoms with Gasteiger partial charge in [0.15, 0.2) is 0 Å². The molecule has 1 saturated heterocycles. The molecule has 1 heterocycles. The van der Waals surface area contributed by atoms with Crippen LogP contribution in [-0.4, -0.2) is 62.2 Å². The minimum absolute atomic E-state index is 0.0537. The first-order valence-electron chi connectivity index (χ1n) is 10.5. The zero-order chi connectivity index (χ0) is 23.5. The highest BCUT2D eigenvalue weighted by Gasteiger charge is 2.35. The summed E-state index contributed by atoms with van der Waals surface area (Å²) >= 11 is 0. The number of nitrogens with one attached hydrogen (secondary N) is 1. The molecule has 0 bridgehead atoms. The highest BCUT2D eigenvalue weighted by molar-refractivity contribution is 7.89.